The van der Waals surface area contributed by atoms with Crippen molar-refractivity contribution < 1.29 is 46.7 Å². The lowest BCUT2D eigenvalue weighted by atomic mass is 10.00. The molecule has 0 aliphatic heterocycles. The zero-order chi connectivity index (χ0) is 38.1. The normalized spacial score (nSPS) is 14.2. The Morgan fingerprint density at radius 2 is 1.10 bits per heavy atom. The second-order valence-electron chi connectivity index (χ2n) is 14.9. The lowest BCUT2D eigenvalue weighted by molar-refractivity contribution is -0.160. The summed E-state index contributed by atoms with van der Waals surface area (Å²) < 4.78 is 26.8. The number of nitrogens with zero attached hydrogens (tertiary/aromatic N) is 2. The summed E-state index contributed by atoms with van der Waals surface area (Å²) in [5, 5.41) is 5.62. The van der Waals surface area contributed by atoms with Gasteiger partial charge in [-0.15, -0.1) is 0 Å². The first kappa shape index (κ1) is 40.4. The first-order chi connectivity index (χ1) is 23.8. The number of hydrogen-bond acceptors (Lipinski definition) is 10. The molecule has 0 unspecified atom stereocenters. The SMILES string of the molecule is CC(C)[C@H](NC(=O)[C@H](Cc1ccoc1)N(C)C(=O)[C@H](Cc1ccoc1)NC(=O)[C@H](Cc1ccoc1)N(C)C(=O)OC(C)(C)C)C(=O)OC(C)(C)C. The number of carbonyl (C=O) groups excluding carboxylic acids is 5. The summed E-state index contributed by atoms with van der Waals surface area (Å²) in [6.07, 6.45) is 8.10. The lowest BCUT2D eigenvalue weighted by Crippen LogP contribution is -2.60. The van der Waals surface area contributed by atoms with Gasteiger partial charge < -0.3 is 38.3 Å². The van der Waals surface area contributed by atoms with E-state index >= 15 is 0 Å². The van der Waals surface area contributed by atoms with Crippen molar-refractivity contribution in [2.24, 2.45) is 5.92 Å². The van der Waals surface area contributed by atoms with Crippen LogP contribution >= 0.6 is 0 Å². The minimum atomic E-state index is -1.20. The first-order valence-electron chi connectivity index (χ1n) is 16.8. The van der Waals surface area contributed by atoms with E-state index in [0.29, 0.717) is 16.7 Å². The number of rotatable bonds is 15. The molecular formula is C37H52N4O10. The number of carbonyl (C=O) groups is 5. The predicted molar refractivity (Wildman–Crippen MR) is 186 cm³/mol. The molecule has 3 aromatic rings. The van der Waals surface area contributed by atoms with Gasteiger partial charge in [0.2, 0.25) is 17.7 Å². The number of furan rings is 3. The molecule has 0 aliphatic carbocycles. The van der Waals surface area contributed by atoms with Crippen LogP contribution in [0.1, 0.15) is 72.1 Å². The van der Waals surface area contributed by atoms with Crippen LogP contribution in [0.2, 0.25) is 0 Å². The zero-order valence-electron chi connectivity index (χ0n) is 31.2. The van der Waals surface area contributed by atoms with Crippen LogP contribution in [0.3, 0.4) is 0 Å². The van der Waals surface area contributed by atoms with Crippen LogP contribution in [0.15, 0.2) is 69.0 Å². The van der Waals surface area contributed by atoms with Crippen LogP contribution in [-0.4, -0.2) is 89.0 Å². The third-order valence-electron chi connectivity index (χ3n) is 7.85. The van der Waals surface area contributed by atoms with Crippen LogP contribution in [0.25, 0.3) is 0 Å². The Morgan fingerprint density at radius 3 is 1.51 bits per heavy atom. The van der Waals surface area contributed by atoms with Crippen molar-refractivity contribution in [3.05, 3.63) is 72.5 Å². The third kappa shape index (κ3) is 12.4. The Labute approximate surface area is 299 Å². The summed E-state index contributed by atoms with van der Waals surface area (Å²) in [6.45, 7) is 13.9. The van der Waals surface area contributed by atoms with E-state index in [1.54, 1.807) is 73.6 Å². The van der Waals surface area contributed by atoms with Gasteiger partial charge in [-0.3, -0.25) is 19.3 Å². The quantitative estimate of drug-likeness (QED) is 0.213. The molecule has 14 nitrogen and oxygen atoms in total. The number of esters is 1. The van der Waals surface area contributed by atoms with Crippen LogP contribution in [0.5, 0.6) is 0 Å². The highest BCUT2D eigenvalue weighted by atomic mass is 16.6. The van der Waals surface area contributed by atoms with Gasteiger partial charge in [-0.2, -0.15) is 0 Å². The van der Waals surface area contributed by atoms with E-state index in [-0.39, 0.29) is 25.2 Å². The van der Waals surface area contributed by atoms with E-state index in [4.69, 9.17) is 22.7 Å². The number of hydrogen-bond donors (Lipinski definition) is 2. The second kappa shape index (κ2) is 17.3. The standard InChI is InChI=1S/C37H52N4O10/c1-23(2)30(34(45)50-36(3,4)5)39-32(43)28(18-25-12-15-48-21-25)40(9)33(44)27(17-24-11-14-47-20-24)38-31(42)29(19-26-13-16-49-22-26)41(10)35(46)51-37(6,7)8/h11-16,20-23,27-30H,17-19H2,1-10H3,(H,38,42)(H,39,43)/t27-,28-,29-,30-/m0/s1. The topological polar surface area (TPSA) is 174 Å². The highest BCUT2D eigenvalue weighted by Gasteiger charge is 2.38. The molecule has 14 heteroatoms. The van der Waals surface area contributed by atoms with Crippen LogP contribution in [-0.2, 0) is 47.9 Å². The van der Waals surface area contributed by atoms with Gasteiger partial charge in [-0.25, -0.2) is 9.59 Å². The Balaban J connectivity index is 1.95. The molecule has 280 valence electrons. The van der Waals surface area contributed by atoms with Gasteiger partial charge in [0.05, 0.1) is 37.6 Å². The molecule has 0 aliphatic rings. The fourth-order valence-corrected chi connectivity index (χ4v) is 5.16. The summed E-state index contributed by atoms with van der Waals surface area (Å²) in [4.78, 5) is 71.2. The molecule has 0 radical (unpaired) electrons. The molecule has 0 saturated carbocycles. The van der Waals surface area contributed by atoms with Gasteiger partial charge in [0.15, 0.2) is 0 Å². The van der Waals surface area contributed by atoms with E-state index in [9.17, 15) is 24.0 Å². The minimum absolute atomic E-state index is 0.00652. The van der Waals surface area contributed by atoms with Crippen molar-refractivity contribution in [3.8, 4) is 0 Å². The van der Waals surface area contributed by atoms with E-state index in [2.05, 4.69) is 10.6 Å². The van der Waals surface area contributed by atoms with E-state index in [1.165, 1.54) is 61.5 Å². The van der Waals surface area contributed by atoms with Gasteiger partial charge in [0.25, 0.3) is 0 Å². The summed E-state index contributed by atoms with van der Waals surface area (Å²) >= 11 is 0. The molecule has 0 bridgehead atoms. The summed E-state index contributed by atoms with van der Waals surface area (Å²) in [7, 11) is 2.90. The Bertz CT molecular complexity index is 1570. The van der Waals surface area contributed by atoms with Gasteiger partial charge in [-0.05, 0) is 82.3 Å². The molecule has 0 aromatic carbocycles. The summed E-state index contributed by atoms with van der Waals surface area (Å²) in [5.41, 5.74) is 0.260. The van der Waals surface area contributed by atoms with E-state index in [0.717, 1.165) is 0 Å². The minimum Gasteiger partial charge on any atom is -0.472 e. The van der Waals surface area contributed by atoms with Crippen molar-refractivity contribution in [1.82, 2.24) is 20.4 Å². The van der Waals surface area contributed by atoms with Gasteiger partial charge in [0.1, 0.15) is 35.4 Å². The van der Waals surface area contributed by atoms with Crippen molar-refractivity contribution in [2.75, 3.05) is 14.1 Å². The molecule has 4 amide bonds. The molecule has 2 N–H and O–H groups in total. The summed E-state index contributed by atoms with van der Waals surface area (Å²) in [5.74, 6) is -2.78. The average molecular weight is 713 g/mol. The highest BCUT2D eigenvalue weighted by molar-refractivity contribution is 5.95. The Hall–Kier alpha value is -5.01. The van der Waals surface area contributed by atoms with Gasteiger partial charge >= 0.3 is 12.1 Å². The molecular weight excluding hydrogens is 660 g/mol. The van der Waals surface area contributed by atoms with Gasteiger partial charge in [-0.1, -0.05) is 13.8 Å². The molecule has 51 heavy (non-hydrogen) atoms. The number of likely N-dealkylation sites (N-methyl/N-ethyl adjacent to an activating group) is 2. The monoisotopic (exact) mass is 712 g/mol. The predicted octanol–water partition coefficient (Wildman–Crippen LogP) is 4.52. The fourth-order valence-electron chi connectivity index (χ4n) is 5.16. The smallest absolute Gasteiger partial charge is 0.410 e. The van der Waals surface area contributed by atoms with Crippen molar-refractivity contribution in [1.29, 1.82) is 0 Å². The zero-order valence-corrected chi connectivity index (χ0v) is 31.2. The number of ether oxygens (including phenoxy) is 2. The van der Waals surface area contributed by atoms with Crippen LogP contribution < -0.4 is 10.6 Å². The number of nitrogens with one attached hydrogen (secondary N) is 2. The molecule has 3 rings (SSSR count). The third-order valence-corrected chi connectivity index (χ3v) is 7.85. The molecule has 3 aromatic heterocycles. The van der Waals surface area contributed by atoms with Crippen molar-refractivity contribution >= 4 is 29.8 Å². The maximum Gasteiger partial charge on any atom is 0.410 e. The Morgan fingerprint density at radius 1 is 0.667 bits per heavy atom. The second-order valence-corrected chi connectivity index (χ2v) is 14.9. The van der Waals surface area contributed by atoms with Crippen molar-refractivity contribution in [3.63, 3.8) is 0 Å². The Kier molecular flexibility index (Phi) is 13.7. The molecule has 4 atom stereocenters. The van der Waals surface area contributed by atoms with E-state index in [1.807, 2.05) is 0 Å². The fraction of sp³-hybridized carbons (Fsp3) is 0.541. The van der Waals surface area contributed by atoms with Crippen LogP contribution in [0, 0.1) is 5.92 Å². The highest BCUT2D eigenvalue weighted by Crippen LogP contribution is 2.18. The maximum atomic E-state index is 14.4. The lowest BCUT2D eigenvalue weighted by Gasteiger charge is -2.34. The largest absolute Gasteiger partial charge is 0.472 e. The van der Waals surface area contributed by atoms with Crippen molar-refractivity contribution in [2.45, 2.75) is 110 Å². The molecule has 0 fully saturated rings. The van der Waals surface area contributed by atoms with Crippen LogP contribution in [0.4, 0.5) is 4.79 Å². The average Bonchev–Trinajstić information content (AvgIpc) is 3.83. The first-order valence-corrected chi connectivity index (χ1v) is 16.8. The van der Waals surface area contributed by atoms with E-state index < -0.39 is 65.2 Å². The van der Waals surface area contributed by atoms with Gasteiger partial charge in [0, 0.05) is 33.4 Å². The summed E-state index contributed by atoms with van der Waals surface area (Å²) in [6, 6.07) is 0.565. The molecule has 3 heterocycles. The maximum absolute atomic E-state index is 14.4. The molecule has 0 saturated heterocycles. The molecule has 0 spiro atoms. The number of amides is 4.